The molecule has 6 heteroatoms. The van der Waals surface area contributed by atoms with E-state index in [9.17, 15) is 4.79 Å². The van der Waals surface area contributed by atoms with Crippen LogP contribution in [0.3, 0.4) is 0 Å². The highest BCUT2D eigenvalue weighted by atomic mass is 35.5. The van der Waals surface area contributed by atoms with Crippen LogP contribution in [0.4, 0.5) is 0 Å². The Bertz CT molecular complexity index is 780. The first-order chi connectivity index (χ1) is 12.6. The molecule has 0 aliphatic carbocycles. The Labute approximate surface area is 167 Å². The Morgan fingerprint density at radius 3 is 2.81 bits per heavy atom. The number of thiophene rings is 2. The smallest absolute Gasteiger partial charge is 0.304 e. The van der Waals surface area contributed by atoms with Crippen molar-refractivity contribution in [3.05, 3.63) is 49.3 Å². The van der Waals surface area contributed by atoms with Gasteiger partial charge in [-0.25, -0.2) is 0 Å². The molecule has 0 saturated carbocycles. The fraction of sp³-hybridized carbons (Fsp3) is 0.450. The number of carbonyl (C=O) groups is 1. The van der Waals surface area contributed by atoms with Crippen molar-refractivity contribution in [3.8, 4) is 0 Å². The van der Waals surface area contributed by atoms with E-state index in [0.29, 0.717) is 0 Å². The first-order valence-corrected chi connectivity index (χ1v) is 11.2. The number of hydrogen-bond acceptors (Lipinski definition) is 4. The third-order valence-electron chi connectivity index (χ3n) is 4.91. The molecule has 1 aliphatic heterocycles. The Hall–Kier alpha value is -1.14. The molecule has 1 saturated heterocycles. The van der Waals surface area contributed by atoms with Crippen LogP contribution in [0.25, 0.3) is 5.57 Å². The molecule has 1 fully saturated rings. The summed E-state index contributed by atoms with van der Waals surface area (Å²) in [7, 11) is 0. The molecule has 3 rings (SSSR count). The molecule has 2 aromatic rings. The number of aryl methyl sites for hydroxylation is 1. The molecular formula is C20H24ClNO2S2. The van der Waals surface area contributed by atoms with E-state index in [4.69, 9.17) is 16.7 Å². The number of rotatable bonds is 8. The van der Waals surface area contributed by atoms with Crippen LogP contribution in [0.5, 0.6) is 0 Å². The molecule has 1 aliphatic rings. The van der Waals surface area contributed by atoms with Crippen molar-refractivity contribution in [1.29, 1.82) is 0 Å². The number of carboxylic acid groups (broad SMARTS) is 1. The summed E-state index contributed by atoms with van der Waals surface area (Å²) >= 11 is 9.88. The summed E-state index contributed by atoms with van der Waals surface area (Å²) in [6.45, 7) is 4.08. The second-order valence-corrected chi connectivity index (χ2v) is 8.80. The average Bonchev–Trinajstić information content (AvgIpc) is 3.33. The Morgan fingerprint density at radius 1 is 1.35 bits per heavy atom. The number of carboxylic acids is 1. The van der Waals surface area contributed by atoms with Crippen LogP contribution in [0.2, 0.25) is 5.02 Å². The zero-order chi connectivity index (χ0) is 18.5. The lowest BCUT2D eigenvalue weighted by molar-refractivity contribution is -0.138. The Balaban J connectivity index is 1.77. The second-order valence-electron chi connectivity index (χ2n) is 6.56. The van der Waals surface area contributed by atoms with E-state index in [-0.39, 0.29) is 12.5 Å². The number of likely N-dealkylation sites (tertiary alicyclic amines) is 1. The third-order valence-corrected chi connectivity index (χ3v) is 7.27. The van der Waals surface area contributed by atoms with Crippen LogP contribution in [0.15, 0.2) is 29.0 Å². The van der Waals surface area contributed by atoms with E-state index in [0.717, 1.165) is 48.7 Å². The molecule has 1 atom stereocenters. The largest absolute Gasteiger partial charge is 0.481 e. The monoisotopic (exact) mass is 409 g/mol. The minimum Gasteiger partial charge on any atom is -0.481 e. The lowest BCUT2D eigenvalue weighted by Crippen LogP contribution is -2.32. The van der Waals surface area contributed by atoms with E-state index in [1.807, 2.05) is 11.4 Å². The van der Waals surface area contributed by atoms with Crippen LogP contribution in [0.1, 0.15) is 47.9 Å². The highest BCUT2D eigenvalue weighted by Gasteiger charge is 2.26. The zero-order valence-electron chi connectivity index (χ0n) is 14.9. The molecule has 2 aromatic heterocycles. The maximum absolute atomic E-state index is 11.1. The number of nitrogens with zero attached hydrogens (tertiary/aromatic N) is 1. The quantitative estimate of drug-likeness (QED) is 0.600. The normalized spacial score (nSPS) is 18.5. The summed E-state index contributed by atoms with van der Waals surface area (Å²) in [5, 5.41) is 14.1. The lowest BCUT2D eigenvalue weighted by atomic mass is 10.1. The van der Waals surface area contributed by atoms with Gasteiger partial charge in [0.1, 0.15) is 0 Å². The summed E-state index contributed by atoms with van der Waals surface area (Å²) < 4.78 is 0. The minimum atomic E-state index is -0.699. The van der Waals surface area contributed by atoms with Crippen molar-refractivity contribution in [2.75, 3.05) is 13.1 Å². The van der Waals surface area contributed by atoms with Gasteiger partial charge >= 0.3 is 5.97 Å². The molecule has 140 valence electrons. The van der Waals surface area contributed by atoms with Gasteiger partial charge in [-0.15, -0.1) is 22.7 Å². The molecule has 0 spiro atoms. The summed E-state index contributed by atoms with van der Waals surface area (Å²) in [5.41, 5.74) is 2.58. The van der Waals surface area contributed by atoms with Crippen molar-refractivity contribution >= 4 is 45.8 Å². The number of hydrogen-bond donors (Lipinski definition) is 1. The molecule has 3 heterocycles. The van der Waals surface area contributed by atoms with E-state index in [1.54, 1.807) is 22.7 Å². The van der Waals surface area contributed by atoms with Crippen molar-refractivity contribution in [3.63, 3.8) is 0 Å². The molecule has 0 radical (unpaired) electrons. The SMILES string of the molecule is CCc1ccsc1C(=CCCN1CCC[C@H]1CC(=O)O)c1sccc1Cl. The summed E-state index contributed by atoms with van der Waals surface area (Å²) in [5.74, 6) is -0.699. The van der Waals surface area contributed by atoms with Crippen molar-refractivity contribution in [1.82, 2.24) is 4.90 Å². The van der Waals surface area contributed by atoms with Crippen molar-refractivity contribution in [2.24, 2.45) is 0 Å². The molecule has 0 unspecified atom stereocenters. The second kappa shape index (κ2) is 9.18. The lowest BCUT2D eigenvalue weighted by Gasteiger charge is -2.22. The van der Waals surface area contributed by atoms with E-state index < -0.39 is 5.97 Å². The van der Waals surface area contributed by atoms with Gasteiger partial charge in [0, 0.05) is 23.0 Å². The fourth-order valence-electron chi connectivity index (χ4n) is 3.62. The van der Waals surface area contributed by atoms with E-state index in [1.165, 1.54) is 16.0 Å². The molecule has 1 N–H and O–H groups in total. The van der Waals surface area contributed by atoms with Crippen molar-refractivity contribution in [2.45, 2.75) is 45.1 Å². The molecule has 0 amide bonds. The zero-order valence-corrected chi connectivity index (χ0v) is 17.3. The predicted molar refractivity (Wildman–Crippen MR) is 112 cm³/mol. The topological polar surface area (TPSA) is 40.5 Å². The van der Waals surface area contributed by atoms with Gasteiger partial charge in [0.25, 0.3) is 0 Å². The summed E-state index contributed by atoms with van der Waals surface area (Å²) in [6, 6.07) is 4.33. The Morgan fingerprint density at radius 2 is 2.12 bits per heavy atom. The van der Waals surface area contributed by atoms with Gasteiger partial charge in [0.2, 0.25) is 0 Å². The third kappa shape index (κ3) is 4.58. The van der Waals surface area contributed by atoms with Gasteiger partial charge < -0.3 is 5.11 Å². The van der Waals surface area contributed by atoms with E-state index in [2.05, 4.69) is 29.3 Å². The maximum atomic E-state index is 11.1. The Kier molecular flexibility index (Phi) is 6.92. The van der Waals surface area contributed by atoms with Gasteiger partial charge in [0.15, 0.2) is 0 Å². The van der Waals surface area contributed by atoms with E-state index >= 15 is 0 Å². The molecule has 0 bridgehead atoms. The van der Waals surface area contributed by atoms with Crippen molar-refractivity contribution < 1.29 is 9.90 Å². The van der Waals surface area contributed by atoms with Gasteiger partial charge in [0.05, 0.1) is 16.3 Å². The predicted octanol–water partition coefficient (Wildman–Crippen LogP) is 5.79. The van der Waals surface area contributed by atoms with Gasteiger partial charge in [-0.3, -0.25) is 9.69 Å². The average molecular weight is 410 g/mol. The number of halogens is 1. The fourth-order valence-corrected chi connectivity index (χ4v) is 5.94. The summed E-state index contributed by atoms with van der Waals surface area (Å²) in [6.07, 6.45) is 6.53. The van der Waals surface area contributed by atoms with Crippen LogP contribution in [-0.2, 0) is 11.2 Å². The van der Waals surface area contributed by atoms with Crippen LogP contribution in [0, 0.1) is 0 Å². The number of aliphatic carboxylic acids is 1. The molecule has 26 heavy (non-hydrogen) atoms. The minimum absolute atomic E-state index is 0.183. The van der Waals surface area contributed by atoms with Gasteiger partial charge in [-0.2, -0.15) is 0 Å². The molecular weight excluding hydrogens is 386 g/mol. The molecule has 3 nitrogen and oxygen atoms in total. The standard InChI is InChI=1S/C20H24ClNO2S2/c1-2-14-7-11-25-19(14)16(20-17(21)8-12-26-20)6-4-10-22-9-3-5-15(22)13-18(23)24/h6-8,11-12,15H,2-5,9-10,13H2,1H3,(H,23,24)/t15-/m0/s1. The first-order valence-electron chi connectivity index (χ1n) is 9.06. The van der Waals surface area contributed by atoms with Gasteiger partial charge in [-0.1, -0.05) is 24.6 Å². The van der Waals surface area contributed by atoms with Gasteiger partial charge in [-0.05, 0) is 60.7 Å². The van der Waals surface area contributed by atoms with Crippen LogP contribution >= 0.6 is 34.3 Å². The highest BCUT2D eigenvalue weighted by Crippen LogP contribution is 2.38. The molecule has 0 aromatic carbocycles. The van der Waals surface area contributed by atoms with Crippen LogP contribution in [-0.4, -0.2) is 35.1 Å². The highest BCUT2D eigenvalue weighted by molar-refractivity contribution is 7.14. The van der Waals surface area contributed by atoms with Crippen LogP contribution < -0.4 is 0 Å². The maximum Gasteiger partial charge on any atom is 0.304 e. The summed E-state index contributed by atoms with van der Waals surface area (Å²) in [4.78, 5) is 15.8. The first kappa shape index (κ1) is 19.6.